The molecule has 0 aromatic rings. The number of hydrogen-bond acceptors (Lipinski definition) is 7. The normalized spacial score (nSPS) is 37.5. The minimum absolute atomic E-state index is 0.00719. The zero-order valence-corrected chi connectivity index (χ0v) is 8.96. The van der Waals surface area contributed by atoms with Gasteiger partial charge in [-0.1, -0.05) is 5.11 Å². The highest BCUT2D eigenvalue weighted by molar-refractivity contribution is 4.88. The van der Waals surface area contributed by atoms with Gasteiger partial charge in [0.2, 0.25) is 0 Å². The van der Waals surface area contributed by atoms with Crippen molar-refractivity contribution in [2.75, 3.05) is 19.8 Å². The molecule has 0 aliphatic carbocycles. The van der Waals surface area contributed by atoms with Gasteiger partial charge in [-0.05, 0) is 5.53 Å². The van der Waals surface area contributed by atoms with Crippen LogP contribution in [-0.4, -0.2) is 70.9 Å². The Bertz CT molecular complexity index is 282. The quantitative estimate of drug-likeness (QED) is 0.194. The predicted octanol–water partition coefficient (Wildman–Crippen LogP) is -1.89. The summed E-state index contributed by atoms with van der Waals surface area (Å²) >= 11 is 0. The molecule has 0 saturated carbocycles. The van der Waals surface area contributed by atoms with E-state index in [9.17, 15) is 15.3 Å². The summed E-state index contributed by atoms with van der Waals surface area (Å²) in [6.07, 6.45) is -6.49. The molecule has 1 saturated heterocycles. The van der Waals surface area contributed by atoms with Crippen LogP contribution in [0.1, 0.15) is 0 Å². The molecule has 17 heavy (non-hydrogen) atoms. The van der Waals surface area contributed by atoms with Gasteiger partial charge in [0.1, 0.15) is 24.4 Å². The van der Waals surface area contributed by atoms with Gasteiger partial charge in [0.05, 0.1) is 13.2 Å². The highest BCUT2D eigenvalue weighted by Gasteiger charge is 2.43. The topological polar surface area (TPSA) is 148 Å². The van der Waals surface area contributed by atoms with Crippen LogP contribution in [0.4, 0.5) is 0 Å². The molecule has 1 aliphatic rings. The molecule has 0 spiro atoms. The Morgan fingerprint density at radius 1 is 1.24 bits per heavy atom. The maximum atomic E-state index is 9.53. The number of aliphatic hydroxyl groups excluding tert-OH is 4. The highest BCUT2D eigenvalue weighted by atomic mass is 16.7. The molecule has 9 heteroatoms. The van der Waals surface area contributed by atoms with Gasteiger partial charge >= 0.3 is 0 Å². The molecule has 0 unspecified atom stereocenters. The second kappa shape index (κ2) is 6.72. The summed E-state index contributed by atoms with van der Waals surface area (Å²) in [6, 6.07) is 0. The van der Waals surface area contributed by atoms with Gasteiger partial charge in [-0.2, -0.15) is 0 Å². The summed E-state index contributed by atoms with van der Waals surface area (Å²) in [5.74, 6) is 0. The number of ether oxygens (including phenoxy) is 2. The average molecular weight is 249 g/mol. The first-order valence-corrected chi connectivity index (χ1v) is 5.04. The molecule has 0 bridgehead atoms. The molecule has 0 amide bonds. The van der Waals surface area contributed by atoms with Crippen LogP contribution < -0.4 is 0 Å². The fourth-order valence-electron chi connectivity index (χ4n) is 1.46. The lowest BCUT2D eigenvalue weighted by molar-refractivity contribution is -0.300. The molecule has 0 aromatic carbocycles. The van der Waals surface area contributed by atoms with Crippen LogP contribution in [0.3, 0.4) is 0 Å². The Morgan fingerprint density at radius 3 is 2.53 bits per heavy atom. The number of nitrogens with zero attached hydrogens (tertiary/aromatic N) is 3. The van der Waals surface area contributed by atoms with Crippen LogP contribution in [0.2, 0.25) is 0 Å². The molecule has 98 valence electrons. The van der Waals surface area contributed by atoms with Crippen LogP contribution in [0.5, 0.6) is 0 Å². The van der Waals surface area contributed by atoms with Crippen molar-refractivity contribution in [3.8, 4) is 0 Å². The number of azide groups is 1. The van der Waals surface area contributed by atoms with E-state index in [1.165, 1.54) is 0 Å². The van der Waals surface area contributed by atoms with Crippen LogP contribution in [0.25, 0.3) is 10.4 Å². The molecule has 4 N–H and O–H groups in total. The lowest BCUT2D eigenvalue weighted by Gasteiger charge is -2.39. The maximum Gasteiger partial charge on any atom is 0.186 e. The van der Waals surface area contributed by atoms with Gasteiger partial charge in [-0.25, -0.2) is 0 Å². The van der Waals surface area contributed by atoms with E-state index >= 15 is 0 Å². The van der Waals surface area contributed by atoms with E-state index in [2.05, 4.69) is 10.0 Å². The largest absolute Gasteiger partial charge is 0.394 e. The van der Waals surface area contributed by atoms with E-state index in [0.29, 0.717) is 0 Å². The first-order chi connectivity index (χ1) is 8.11. The molecule has 0 aromatic heterocycles. The molecule has 1 heterocycles. The molecule has 0 radical (unpaired) electrons. The lowest BCUT2D eigenvalue weighted by Crippen LogP contribution is -2.59. The van der Waals surface area contributed by atoms with Gasteiger partial charge in [0.15, 0.2) is 6.29 Å². The van der Waals surface area contributed by atoms with E-state index in [1.807, 2.05) is 0 Å². The standard InChI is InChI=1S/C8H15N3O6/c9-11-10-1-2-16-8-7(15)6(14)5(13)4(3-12)17-8/h4-8,12-15H,1-3H2/t4-,5-,6-,7-,8+/m1/s1. The van der Waals surface area contributed by atoms with Gasteiger partial charge in [-0.3, -0.25) is 0 Å². The second-order valence-corrected chi connectivity index (χ2v) is 3.52. The maximum absolute atomic E-state index is 9.53. The summed E-state index contributed by atoms with van der Waals surface area (Å²) in [5.41, 5.74) is 8.03. The van der Waals surface area contributed by atoms with E-state index in [-0.39, 0.29) is 13.2 Å². The predicted molar refractivity (Wildman–Crippen MR) is 53.7 cm³/mol. The van der Waals surface area contributed by atoms with Crippen LogP contribution in [-0.2, 0) is 9.47 Å². The summed E-state index contributed by atoms with van der Waals surface area (Å²) < 4.78 is 10.1. The zero-order chi connectivity index (χ0) is 12.8. The van der Waals surface area contributed by atoms with E-state index < -0.39 is 37.3 Å². The monoisotopic (exact) mass is 249 g/mol. The molecule has 5 atom stereocenters. The molecular weight excluding hydrogens is 234 g/mol. The number of aliphatic hydroxyl groups is 4. The average Bonchev–Trinajstić information content (AvgIpc) is 2.34. The number of rotatable bonds is 5. The molecule has 1 rings (SSSR count). The van der Waals surface area contributed by atoms with Crippen molar-refractivity contribution in [1.82, 2.24) is 0 Å². The third kappa shape index (κ3) is 3.51. The molecular formula is C8H15N3O6. The first kappa shape index (κ1) is 14.1. The van der Waals surface area contributed by atoms with E-state index in [1.54, 1.807) is 0 Å². The van der Waals surface area contributed by atoms with Crippen molar-refractivity contribution in [2.45, 2.75) is 30.7 Å². The Labute approximate surface area is 96.8 Å². The van der Waals surface area contributed by atoms with Crippen molar-refractivity contribution in [3.63, 3.8) is 0 Å². The Hall–Kier alpha value is -0.930. The molecule has 1 aliphatic heterocycles. The Balaban J connectivity index is 2.50. The van der Waals surface area contributed by atoms with E-state index in [4.69, 9.17) is 20.1 Å². The van der Waals surface area contributed by atoms with Crippen molar-refractivity contribution >= 4 is 0 Å². The van der Waals surface area contributed by atoms with Gasteiger partial charge < -0.3 is 29.9 Å². The van der Waals surface area contributed by atoms with Gasteiger partial charge in [0.25, 0.3) is 0 Å². The third-order valence-corrected chi connectivity index (χ3v) is 2.39. The lowest BCUT2D eigenvalue weighted by atomic mass is 9.99. The second-order valence-electron chi connectivity index (χ2n) is 3.52. The SMILES string of the molecule is [N-]=[N+]=NCCO[C@H]1O[C@H](CO)[C@@H](O)[C@@H](O)[C@H]1O. The van der Waals surface area contributed by atoms with Crippen LogP contribution in [0, 0.1) is 0 Å². The van der Waals surface area contributed by atoms with Crippen LogP contribution in [0.15, 0.2) is 5.11 Å². The fourth-order valence-corrected chi connectivity index (χ4v) is 1.46. The van der Waals surface area contributed by atoms with Crippen molar-refractivity contribution in [2.24, 2.45) is 5.11 Å². The summed E-state index contributed by atoms with van der Waals surface area (Å²) in [7, 11) is 0. The minimum atomic E-state index is -1.47. The smallest absolute Gasteiger partial charge is 0.186 e. The minimum Gasteiger partial charge on any atom is -0.394 e. The van der Waals surface area contributed by atoms with Gasteiger partial charge in [-0.15, -0.1) is 0 Å². The Kier molecular flexibility index (Phi) is 5.59. The van der Waals surface area contributed by atoms with Crippen LogP contribution >= 0.6 is 0 Å². The Morgan fingerprint density at radius 2 is 1.94 bits per heavy atom. The fraction of sp³-hybridized carbons (Fsp3) is 1.00. The summed E-state index contributed by atoms with van der Waals surface area (Å²) in [5, 5.41) is 40.5. The van der Waals surface area contributed by atoms with Crippen molar-refractivity contribution in [3.05, 3.63) is 10.4 Å². The third-order valence-electron chi connectivity index (χ3n) is 2.39. The summed E-state index contributed by atoms with van der Waals surface area (Å²) in [4.78, 5) is 2.51. The summed E-state index contributed by atoms with van der Waals surface area (Å²) in [6.45, 7) is -0.473. The van der Waals surface area contributed by atoms with Crippen molar-refractivity contribution < 1.29 is 29.9 Å². The van der Waals surface area contributed by atoms with Gasteiger partial charge in [0, 0.05) is 11.5 Å². The van der Waals surface area contributed by atoms with Crippen molar-refractivity contribution in [1.29, 1.82) is 0 Å². The van der Waals surface area contributed by atoms with E-state index in [0.717, 1.165) is 0 Å². The number of hydrogen-bond donors (Lipinski definition) is 4. The molecule has 1 fully saturated rings. The first-order valence-electron chi connectivity index (χ1n) is 5.04. The molecule has 9 nitrogen and oxygen atoms in total. The zero-order valence-electron chi connectivity index (χ0n) is 8.96. The highest BCUT2D eigenvalue weighted by Crippen LogP contribution is 2.21.